The van der Waals surface area contributed by atoms with Gasteiger partial charge in [-0.3, -0.25) is 9.67 Å². The zero-order valence-corrected chi connectivity index (χ0v) is 11.6. The van der Waals surface area contributed by atoms with E-state index in [1.807, 2.05) is 31.0 Å². The minimum Gasteiger partial charge on any atom is -0.371 e. The second kappa shape index (κ2) is 5.03. The van der Waals surface area contributed by atoms with Gasteiger partial charge >= 0.3 is 0 Å². The molecule has 4 heteroatoms. The van der Waals surface area contributed by atoms with E-state index in [9.17, 15) is 0 Å². The summed E-state index contributed by atoms with van der Waals surface area (Å²) in [5.74, 6) is 0.645. The van der Waals surface area contributed by atoms with Gasteiger partial charge in [-0.1, -0.05) is 0 Å². The lowest BCUT2D eigenvalue weighted by Gasteiger charge is -2.33. The molecule has 0 N–H and O–H groups in total. The molecule has 0 bridgehead atoms. The molecule has 100 valence electrons. The number of rotatable bonds is 2. The van der Waals surface area contributed by atoms with E-state index < -0.39 is 0 Å². The first-order valence-electron chi connectivity index (χ1n) is 6.89. The Morgan fingerprint density at radius 3 is 2.58 bits per heavy atom. The average molecular weight is 256 g/mol. The first-order chi connectivity index (χ1) is 9.24. The zero-order chi connectivity index (χ0) is 13.2. The van der Waals surface area contributed by atoms with Crippen molar-refractivity contribution in [3.8, 4) is 0 Å². The minimum absolute atomic E-state index is 0.645. The Bertz CT molecular complexity index is 553. The molecule has 0 unspecified atom stereocenters. The molecule has 3 rings (SSSR count). The average Bonchev–Trinajstić information content (AvgIpc) is 2.85. The van der Waals surface area contributed by atoms with Gasteiger partial charge in [-0.15, -0.1) is 0 Å². The van der Waals surface area contributed by atoms with Gasteiger partial charge in [0.25, 0.3) is 0 Å². The maximum absolute atomic E-state index is 4.28. The van der Waals surface area contributed by atoms with Gasteiger partial charge in [0.1, 0.15) is 0 Å². The summed E-state index contributed by atoms with van der Waals surface area (Å²) < 4.78 is 2.01. The van der Waals surface area contributed by atoms with Crippen LogP contribution < -0.4 is 4.90 Å². The third kappa shape index (κ3) is 2.48. The Morgan fingerprint density at radius 1 is 1.16 bits per heavy atom. The first-order valence-corrected chi connectivity index (χ1v) is 6.89. The predicted molar refractivity (Wildman–Crippen MR) is 76.4 cm³/mol. The van der Waals surface area contributed by atoms with Crippen LogP contribution in [-0.2, 0) is 7.05 Å². The van der Waals surface area contributed by atoms with Crippen molar-refractivity contribution in [1.82, 2.24) is 14.8 Å². The highest BCUT2D eigenvalue weighted by Gasteiger charge is 2.22. The van der Waals surface area contributed by atoms with Gasteiger partial charge in [0.15, 0.2) is 0 Å². The van der Waals surface area contributed by atoms with Crippen molar-refractivity contribution in [1.29, 1.82) is 0 Å². The maximum atomic E-state index is 4.28. The minimum atomic E-state index is 0.645. The zero-order valence-electron chi connectivity index (χ0n) is 11.6. The summed E-state index contributed by atoms with van der Waals surface area (Å²) in [6, 6.07) is 6.43. The number of hydrogen-bond acceptors (Lipinski definition) is 3. The smallest absolute Gasteiger partial charge is 0.0492 e. The van der Waals surface area contributed by atoms with E-state index in [-0.39, 0.29) is 0 Å². The molecule has 3 heterocycles. The lowest BCUT2D eigenvalue weighted by molar-refractivity contribution is 0.477. The van der Waals surface area contributed by atoms with E-state index in [0.717, 1.165) is 18.8 Å². The molecular formula is C15H20N4. The molecule has 1 aliphatic rings. The van der Waals surface area contributed by atoms with E-state index >= 15 is 0 Å². The van der Waals surface area contributed by atoms with Crippen molar-refractivity contribution in [2.24, 2.45) is 7.05 Å². The van der Waals surface area contributed by atoms with Gasteiger partial charge in [0.05, 0.1) is 0 Å². The second-order valence-electron chi connectivity index (χ2n) is 5.30. The van der Waals surface area contributed by atoms with E-state index in [1.54, 1.807) is 0 Å². The van der Waals surface area contributed by atoms with E-state index in [4.69, 9.17) is 0 Å². The number of aryl methyl sites for hydroxylation is 2. The van der Waals surface area contributed by atoms with Crippen molar-refractivity contribution in [2.75, 3.05) is 18.0 Å². The highest BCUT2D eigenvalue weighted by molar-refractivity contribution is 5.46. The van der Waals surface area contributed by atoms with Gasteiger partial charge in [-0.2, -0.15) is 5.10 Å². The molecule has 1 aliphatic heterocycles. The van der Waals surface area contributed by atoms with E-state index in [1.165, 1.54) is 24.2 Å². The molecule has 0 amide bonds. The van der Waals surface area contributed by atoms with Crippen LogP contribution in [0.1, 0.15) is 30.1 Å². The molecule has 0 saturated carbocycles. The Kier molecular flexibility index (Phi) is 3.23. The number of pyridine rings is 1. The van der Waals surface area contributed by atoms with Crippen LogP contribution in [0.4, 0.5) is 5.69 Å². The fourth-order valence-corrected chi connectivity index (χ4v) is 2.95. The van der Waals surface area contributed by atoms with Crippen LogP contribution in [-0.4, -0.2) is 27.9 Å². The molecule has 2 aromatic rings. The fraction of sp³-hybridized carbons (Fsp3) is 0.467. The Labute approximate surface area is 114 Å². The molecule has 19 heavy (non-hydrogen) atoms. The fourth-order valence-electron chi connectivity index (χ4n) is 2.95. The largest absolute Gasteiger partial charge is 0.371 e. The van der Waals surface area contributed by atoms with Crippen LogP contribution in [0.15, 0.2) is 30.6 Å². The molecular weight excluding hydrogens is 236 g/mol. The molecule has 1 saturated heterocycles. The number of nitrogens with zero attached hydrogens (tertiary/aromatic N) is 4. The van der Waals surface area contributed by atoms with E-state index in [0.29, 0.717) is 5.92 Å². The summed E-state index contributed by atoms with van der Waals surface area (Å²) in [6.07, 6.45) is 6.19. The van der Waals surface area contributed by atoms with Gasteiger partial charge < -0.3 is 4.90 Å². The molecule has 0 aliphatic carbocycles. The van der Waals surface area contributed by atoms with Crippen molar-refractivity contribution in [2.45, 2.75) is 25.7 Å². The third-order valence-electron chi connectivity index (χ3n) is 4.02. The molecule has 0 radical (unpaired) electrons. The molecule has 4 nitrogen and oxygen atoms in total. The number of hydrogen-bond donors (Lipinski definition) is 0. The van der Waals surface area contributed by atoms with Crippen LogP contribution in [0.2, 0.25) is 0 Å². The standard InChI is InChI=1S/C15H20N4/c1-12-11-14(3-7-16-12)19-9-5-13(6-10-19)15-4-8-17-18(15)2/h3-4,7-8,11,13H,5-6,9-10H2,1-2H3. The van der Waals surface area contributed by atoms with Gasteiger partial charge in [-0.25, -0.2) is 0 Å². The van der Waals surface area contributed by atoms with Gasteiger partial charge in [0.2, 0.25) is 0 Å². The number of piperidine rings is 1. The van der Waals surface area contributed by atoms with Crippen molar-refractivity contribution >= 4 is 5.69 Å². The topological polar surface area (TPSA) is 34.0 Å². The van der Waals surface area contributed by atoms with Crippen molar-refractivity contribution in [3.05, 3.63) is 42.0 Å². The molecule has 0 spiro atoms. The Hall–Kier alpha value is -1.84. The van der Waals surface area contributed by atoms with Crippen LogP contribution in [0.3, 0.4) is 0 Å². The highest BCUT2D eigenvalue weighted by atomic mass is 15.3. The van der Waals surface area contributed by atoms with Crippen LogP contribution in [0.25, 0.3) is 0 Å². The summed E-state index contributed by atoms with van der Waals surface area (Å²) in [4.78, 5) is 6.72. The number of anilines is 1. The summed E-state index contributed by atoms with van der Waals surface area (Å²) >= 11 is 0. The van der Waals surface area contributed by atoms with Crippen LogP contribution >= 0.6 is 0 Å². The molecule has 1 fully saturated rings. The quantitative estimate of drug-likeness (QED) is 0.828. The van der Waals surface area contributed by atoms with Crippen LogP contribution in [0.5, 0.6) is 0 Å². The SMILES string of the molecule is Cc1cc(N2CCC(c3ccnn3C)CC2)ccn1. The Morgan fingerprint density at radius 2 is 1.95 bits per heavy atom. The molecule has 2 aromatic heterocycles. The monoisotopic (exact) mass is 256 g/mol. The normalized spacial score (nSPS) is 16.8. The summed E-state index contributed by atoms with van der Waals surface area (Å²) in [6.45, 7) is 4.27. The number of aromatic nitrogens is 3. The van der Waals surface area contributed by atoms with Gasteiger partial charge in [0, 0.05) is 55.5 Å². The summed E-state index contributed by atoms with van der Waals surface area (Å²) in [5, 5.41) is 4.28. The first kappa shape index (κ1) is 12.2. The van der Waals surface area contributed by atoms with Crippen LogP contribution in [0, 0.1) is 6.92 Å². The third-order valence-corrected chi connectivity index (χ3v) is 4.02. The van der Waals surface area contributed by atoms with Gasteiger partial charge in [-0.05, 0) is 38.0 Å². The Balaban J connectivity index is 1.68. The lowest BCUT2D eigenvalue weighted by Crippen LogP contribution is -2.33. The molecule has 0 atom stereocenters. The predicted octanol–water partition coefficient (Wildman–Crippen LogP) is 2.51. The maximum Gasteiger partial charge on any atom is 0.0492 e. The summed E-state index contributed by atoms with van der Waals surface area (Å²) in [5.41, 5.74) is 3.76. The molecule has 0 aromatic carbocycles. The lowest BCUT2D eigenvalue weighted by atomic mass is 9.93. The second-order valence-corrected chi connectivity index (χ2v) is 5.30. The van der Waals surface area contributed by atoms with Crippen molar-refractivity contribution < 1.29 is 0 Å². The summed E-state index contributed by atoms with van der Waals surface area (Å²) in [7, 11) is 2.04. The van der Waals surface area contributed by atoms with E-state index in [2.05, 4.69) is 33.2 Å². The van der Waals surface area contributed by atoms with Crippen molar-refractivity contribution in [3.63, 3.8) is 0 Å². The highest BCUT2D eigenvalue weighted by Crippen LogP contribution is 2.29.